The Kier molecular flexibility index (Phi) is 3.98. The van der Waals surface area contributed by atoms with Crippen molar-refractivity contribution >= 4 is 50.0 Å². The molecule has 0 radical (unpaired) electrons. The molecule has 1 aromatic heterocycles. The summed E-state index contributed by atoms with van der Waals surface area (Å²) in [5, 5.41) is 11.8. The van der Waals surface area contributed by atoms with Gasteiger partial charge in [-0.3, -0.25) is 4.79 Å². The highest BCUT2D eigenvalue weighted by Crippen LogP contribution is 2.26. The smallest absolute Gasteiger partial charge is 0.266 e. The van der Waals surface area contributed by atoms with E-state index in [1.807, 2.05) is 28.7 Å². The van der Waals surface area contributed by atoms with Crippen LogP contribution in [0.15, 0.2) is 33.8 Å². The molecule has 0 fully saturated rings. The van der Waals surface area contributed by atoms with Crippen molar-refractivity contribution < 1.29 is 0 Å². The highest BCUT2D eigenvalue weighted by Gasteiger charge is 2.07. The average Bonchev–Trinajstić information content (AvgIpc) is 2.37. The van der Waals surface area contributed by atoms with Crippen LogP contribution in [0.2, 0.25) is 0 Å². The second-order valence-electron chi connectivity index (χ2n) is 3.33. The highest BCUT2D eigenvalue weighted by molar-refractivity contribution is 14.1. The lowest BCUT2D eigenvalue weighted by molar-refractivity contribution is 1.10. The van der Waals surface area contributed by atoms with E-state index in [4.69, 9.17) is 5.26 Å². The van der Waals surface area contributed by atoms with Gasteiger partial charge in [-0.25, -0.2) is 4.98 Å². The minimum absolute atomic E-state index is 0.196. The molecular formula is C11H6BrIN4O. The Morgan fingerprint density at radius 1 is 1.50 bits per heavy atom. The Bertz CT molecular complexity index is 692. The lowest BCUT2D eigenvalue weighted by atomic mass is 10.2. The first-order chi connectivity index (χ1) is 8.61. The van der Waals surface area contributed by atoms with Crippen molar-refractivity contribution in [1.82, 2.24) is 9.97 Å². The largest absolute Gasteiger partial charge is 0.338 e. The molecule has 2 N–H and O–H groups in total. The summed E-state index contributed by atoms with van der Waals surface area (Å²) >= 11 is 5.28. The number of nitrogens with zero attached hydrogens (tertiary/aromatic N) is 2. The number of anilines is 2. The molecule has 0 aliphatic rings. The Balaban J connectivity index is 2.38. The molecule has 1 heterocycles. The zero-order valence-electron chi connectivity index (χ0n) is 8.87. The fourth-order valence-corrected chi connectivity index (χ4v) is 2.19. The van der Waals surface area contributed by atoms with Gasteiger partial charge < -0.3 is 10.3 Å². The van der Waals surface area contributed by atoms with E-state index in [1.54, 1.807) is 18.2 Å². The summed E-state index contributed by atoms with van der Waals surface area (Å²) < 4.78 is 1.21. The summed E-state index contributed by atoms with van der Waals surface area (Å²) in [5.74, 6) is 0.477. The average molecular weight is 417 g/mol. The number of benzene rings is 1. The fourth-order valence-electron chi connectivity index (χ4n) is 1.28. The third kappa shape index (κ3) is 2.70. The molecular weight excluding hydrogens is 411 g/mol. The number of aromatic nitrogens is 2. The van der Waals surface area contributed by atoms with Crippen LogP contribution >= 0.6 is 38.5 Å². The summed E-state index contributed by atoms with van der Waals surface area (Å²) in [6.45, 7) is 0. The number of nitriles is 1. The van der Waals surface area contributed by atoms with Crippen LogP contribution in [0.4, 0.5) is 11.5 Å². The zero-order chi connectivity index (χ0) is 13.1. The van der Waals surface area contributed by atoms with Crippen LogP contribution in [0.3, 0.4) is 0 Å². The van der Waals surface area contributed by atoms with E-state index >= 15 is 0 Å². The molecule has 0 saturated heterocycles. The van der Waals surface area contributed by atoms with Gasteiger partial charge in [-0.15, -0.1) is 0 Å². The maximum absolute atomic E-state index is 11.4. The van der Waals surface area contributed by atoms with Gasteiger partial charge >= 0.3 is 0 Å². The molecule has 0 aliphatic heterocycles. The Labute approximate surface area is 125 Å². The summed E-state index contributed by atoms with van der Waals surface area (Å²) in [5.41, 5.74) is 1.10. The van der Waals surface area contributed by atoms with E-state index in [1.165, 1.54) is 6.33 Å². The van der Waals surface area contributed by atoms with Crippen molar-refractivity contribution in [3.63, 3.8) is 0 Å². The molecule has 1 aromatic carbocycles. The van der Waals surface area contributed by atoms with E-state index in [-0.39, 0.29) is 5.56 Å². The van der Waals surface area contributed by atoms with E-state index in [9.17, 15) is 4.79 Å². The molecule has 90 valence electrons. The first-order valence-corrected chi connectivity index (χ1v) is 6.69. The molecule has 0 saturated carbocycles. The zero-order valence-corrected chi connectivity index (χ0v) is 12.6. The SMILES string of the molecule is N#Cc1ccc(Nc2nc[nH]c(=O)c2I)c(Br)c1. The summed E-state index contributed by atoms with van der Waals surface area (Å²) in [6.07, 6.45) is 1.34. The Morgan fingerprint density at radius 3 is 2.94 bits per heavy atom. The van der Waals surface area contributed by atoms with Crippen LogP contribution in [0, 0.1) is 14.9 Å². The predicted molar refractivity (Wildman–Crippen MR) is 79.7 cm³/mol. The fraction of sp³-hybridized carbons (Fsp3) is 0. The molecule has 2 rings (SSSR count). The third-order valence-electron chi connectivity index (χ3n) is 2.15. The number of halogens is 2. The minimum atomic E-state index is -0.196. The van der Waals surface area contributed by atoms with Crippen LogP contribution in [0.5, 0.6) is 0 Å². The molecule has 7 heteroatoms. The van der Waals surface area contributed by atoms with Gasteiger partial charge in [-0.2, -0.15) is 5.26 Å². The number of hydrogen-bond donors (Lipinski definition) is 2. The van der Waals surface area contributed by atoms with Crippen molar-refractivity contribution in [3.05, 3.63) is 48.5 Å². The van der Waals surface area contributed by atoms with Gasteiger partial charge in [-0.1, -0.05) is 0 Å². The number of H-pyrrole nitrogens is 1. The normalized spacial score (nSPS) is 9.83. The van der Waals surface area contributed by atoms with E-state index in [0.29, 0.717) is 15.0 Å². The van der Waals surface area contributed by atoms with Crippen molar-refractivity contribution in [2.75, 3.05) is 5.32 Å². The summed E-state index contributed by atoms with van der Waals surface area (Å²) in [4.78, 5) is 18.0. The Morgan fingerprint density at radius 2 is 2.28 bits per heavy atom. The lowest BCUT2D eigenvalue weighted by Crippen LogP contribution is -2.13. The molecule has 18 heavy (non-hydrogen) atoms. The van der Waals surface area contributed by atoms with Gasteiger partial charge in [0.2, 0.25) is 0 Å². The molecule has 0 spiro atoms. The van der Waals surface area contributed by atoms with Gasteiger partial charge in [0.05, 0.1) is 23.6 Å². The van der Waals surface area contributed by atoms with Gasteiger partial charge in [-0.05, 0) is 56.7 Å². The monoisotopic (exact) mass is 416 g/mol. The van der Waals surface area contributed by atoms with E-state index in [0.717, 1.165) is 10.2 Å². The van der Waals surface area contributed by atoms with Gasteiger partial charge in [0, 0.05) is 4.47 Å². The molecule has 0 unspecified atom stereocenters. The first kappa shape index (κ1) is 13.0. The predicted octanol–water partition coefficient (Wildman–Crippen LogP) is 2.75. The van der Waals surface area contributed by atoms with Crippen LogP contribution < -0.4 is 10.9 Å². The maximum atomic E-state index is 11.4. The van der Waals surface area contributed by atoms with Crippen LogP contribution in [-0.4, -0.2) is 9.97 Å². The van der Waals surface area contributed by atoms with Gasteiger partial charge in [0.15, 0.2) is 5.82 Å². The van der Waals surface area contributed by atoms with Gasteiger partial charge in [0.1, 0.15) is 3.57 Å². The number of hydrogen-bond acceptors (Lipinski definition) is 4. The summed E-state index contributed by atoms with van der Waals surface area (Å²) in [7, 11) is 0. The number of nitrogens with one attached hydrogen (secondary N) is 2. The van der Waals surface area contributed by atoms with Crippen LogP contribution in [0.25, 0.3) is 0 Å². The molecule has 0 aliphatic carbocycles. The second kappa shape index (κ2) is 5.49. The van der Waals surface area contributed by atoms with Crippen molar-refractivity contribution in [3.8, 4) is 6.07 Å². The minimum Gasteiger partial charge on any atom is -0.338 e. The standard InChI is InChI=1S/C11H6BrIN4O/c12-7-3-6(4-14)1-2-8(7)17-10-9(13)11(18)16-5-15-10/h1-3,5H,(H2,15,16,17,18). The second-order valence-corrected chi connectivity index (χ2v) is 5.26. The highest BCUT2D eigenvalue weighted by atomic mass is 127. The molecule has 5 nitrogen and oxygen atoms in total. The van der Waals surface area contributed by atoms with Crippen molar-refractivity contribution in [2.24, 2.45) is 0 Å². The number of rotatable bonds is 2. The van der Waals surface area contributed by atoms with Crippen molar-refractivity contribution in [2.45, 2.75) is 0 Å². The maximum Gasteiger partial charge on any atom is 0.266 e. The topological polar surface area (TPSA) is 81.6 Å². The van der Waals surface area contributed by atoms with E-state index < -0.39 is 0 Å². The molecule has 0 atom stereocenters. The number of aromatic amines is 1. The lowest BCUT2D eigenvalue weighted by Gasteiger charge is -2.08. The quantitative estimate of drug-likeness (QED) is 0.737. The van der Waals surface area contributed by atoms with Crippen LogP contribution in [0.1, 0.15) is 5.56 Å². The first-order valence-electron chi connectivity index (χ1n) is 4.81. The van der Waals surface area contributed by atoms with Gasteiger partial charge in [0.25, 0.3) is 5.56 Å². The third-order valence-corrected chi connectivity index (χ3v) is 3.80. The Hall–Kier alpha value is -1.40. The van der Waals surface area contributed by atoms with Crippen LogP contribution in [-0.2, 0) is 0 Å². The molecule has 0 amide bonds. The molecule has 2 aromatic rings. The van der Waals surface area contributed by atoms with Crippen molar-refractivity contribution in [1.29, 1.82) is 5.26 Å². The summed E-state index contributed by atoms with van der Waals surface area (Å²) in [6, 6.07) is 7.19. The van der Waals surface area contributed by atoms with E-state index in [2.05, 4.69) is 31.2 Å². The molecule has 0 bridgehead atoms.